The van der Waals surface area contributed by atoms with Crippen molar-refractivity contribution in [2.24, 2.45) is 27.2 Å². The van der Waals surface area contributed by atoms with E-state index in [0.717, 1.165) is 11.1 Å². The van der Waals surface area contributed by atoms with Gasteiger partial charge in [0, 0.05) is 0 Å². The van der Waals surface area contributed by atoms with Crippen LogP contribution < -0.4 is 17.2 Å². The Bertz CT molecular complexity index is 734. The van der Waals surface area contributed by atoms with Crippen molar-refractivity contribution in [3.63, 3.8) is 0 Å². The first-order valence-corrected chi connectivity index (χ1v) is 6.13. The Kier molecular flexibility index (Phi) is 4.17. The number of guanidine groups is 2. The highest BCUT2D eigenvalue weighted by atomic mass is 15.1. The van der Waals surface area contributed by atoms with E-state index in [2.05, 4.69) is 16.1 Å². The normalized spacial score (nSPS) is 10.7. The molecular formula is C15H14N6. The second kappa shape index (κ2) is 6.21. The second-order valence-electron chi connectivity index (χ2n) is 4.25. The topological polar surface area (TPSA) is 127 Å². The van der Waals surface area contributed by atoms with Crippen molar-refractivity contribution in [3.8, 4) is 17.2 Å². The smallest absolute Gasteiger partial charge is 0.223 e. The minimum Gasteiger partial charge on any atom is -0.370 e. The van der Waals surface area contributed by atoms with Crippen LogP contribution in [0.5, 0.6) is 0 Å². The summed E-state index contributed by atoms with van der Waals surface area (Å²) in [6, 6.07) is 16.8. The first-order chi connectivity index (χ1) is 10.1. The number of nitrogens with two attached hydrogens (primary N) is 3. The lowest BCUT2D eigenvalue weighted by atomic mass is 10.0. The number of benzene rings is 2. The zero-order chi connectivity index (χ0) is 15.2. The molecule has 0 radical (unpaired) electrons. The van der Waals surface area contributed by atoms with Crippen molar-refractivity contribution in [1.29, 1.82) is 5.26 Å². The van der Waals surface area contributed by atoms with E-state index < -0.39 is 0 Å². The predicted octanol–water partition coefficient (Wildman–Crippen LogP) is 1.44. The van der Waals surface area contributed by atoms with Gasteiger partial charge < -0.3 is 17.2 Å². The highest BCUT2D eigenvalue weighted by Gasteiger charge is 2.00. The number of nitrogens with zero attached hydrogens (tertiary/aromatic N) is 3. The highest BCUT2D eigenvalue weighted by molar-refractivity contribution is 5.93. The van der Waals surface area contributed by atoms with Crippen LogP contribution in [0.15, 0.2) is 58.5 Å². The number of aliphatic imine (C=N–C) groups is 2. The average Bonchev–Trinajstić information content (AvgIpc) is 2.46. The van der Waals surface area contributed by atoms with E-state index in [0.29, 0.717) is 11.3 Å². The number of rotatable bonds is 2. The summed E-state index contributed by atoms with van der Waals surface area (Å²) in [4.78, 5) is 7.78. The summed E-state index contributed by atoms with van der Waals surface area (Å²) < 4.78 is 0. The molecule has 0 amide bonds. The molecule has 0 atom stereocenters. The van der Waals surface area contributed by atoms with Crippen LogP contribution in [0, 0.1) is 11.3 Å². The summed E-state index contributed by atoms with van der Waals surface area (Å²) in [5, 5.41) is 8.80. The maximum Gasteiger partial charge on any atom is 0.223 e. The zero-order valence-electron chi connectivity index (χ0n) is 11.2. The van der Waals surface area contributed by atoms with Crippen LogP contribution in [-0.4, -0.2) is 11.9 Å². The summed E-state index contributed by atoms with van der Waals surface area (Å²) in [7, 11) is 0. The fourth-order valence-electron chi connectivity index (χ4n) is 1.78. The molecular weight excluding hydrogens is 264 g/mol. The van der Waals surface area contributed by atoms with Crippen molar-refractivity contribution in [1.82, 2.24) is 0 Å². The summed E-state index contributed by atoms with van der Waals surface area (Å²) in [6.45, 7) is 0. The summed E-state index contributed by atoms with van der Waals surface area (Å²) >= 11 is 0. The summed E-state index contributed by atoms with van der Waals surface area (Å²) in [5.74, 6) is -0.147. The molecule has 2 rings (SSSR count). The molecule has 0 heterocycles. The van der Waals surface area contributed by atoms with Gasteiger partial charge >= 0.3 is 0 Å². The first kappa shape index (κ1) is 14.1. The second-order valence-corrected chi connectivity index (χ2v) is 4.25. The molecule has 0 aliphatic heterocycles. The molecule has 0 unspecified atom stereocenters. The van der Waals surface area contributed by atoms with Crippen molar-refractivity contribution in [2.45, 2.75) is 0 Å². The largest absolute Gasteiger partial charge is 0.370 e. The monoisotopic (exact) mass is 278 g/mol. The van der Waals surface area contributed by atoms with E-state index in [4.69, 9.17) is 22.5 Å². The van der Waals surface area contributed by atoms with Crippen LogP contribution in [0.4, 0.5) is 5.69 Å². The van der Waals surface area contributed by atoms with Crippen LogP contribution in [0.25, 0.3) is 11.1 Å². The molecule has 21 heavy (non-hydrogen) atoms. The predicted molar refractivity (Wildman–Crippen MR) is 83.7 cm³/mol. The SMILES string of the molecule is N#Cc1ccc(-c2cccc(N=C(N)N=C(N)N)c2)cc1. The Hall–Kier alpha value is -3.33. The van der Waals surface area contributed by atoms with E-state index in [1.807, 2.05) is 30.3 Å². The Morgan fingerprint density at radius 1 is 0.952 bits per heavy atom. The van der Waals surface area contributed by atoms with Crippen molar-refractivity contribution in [3.05, 3.63) is 54.1 Å². The van der Waals surface area contributed by atoms with Gasteiger partial charge in [-0.25, -0.2) is 4.99 Å². The Morgan fingerprint density at radius 3 is 2.29 bits per heavy atom. The van der Waals surface area contributed by atoms with Gasteiger partial charge in [0.2, 0.25) is 5.96 Å². The third-order valence-corrected chi connectivity index (χ3v) is 2.68. The summed E-state index contributed by atoms with van der Waals surface area (Å²) in [5.41, 5.74) is 19.3. The molecule has 0 aromatic heterocycles. The maximum atomic E-state index is 8.80. The fraction of sp³-hybridized carbons (Fsp3) is 0. The molecule has 104 valence electrons. The van der Waals surface area contributed by atoms with Gasteiger partial charge in [-0.2, -0.15) is 10.3 Å². The van der Waals surface area contributed by atoms with E-state index in [-0.39, 0.29) is 11.9 Å². The maximum absolute atomic E-state index is 8.80. The molecule has 0 saturated heterocycles. The molecule has 6 heteroatoms. The van der Waals surface area contributed by atoms with E-state index in [9.17, 15) is 0 Å². The van der Waals surface area contributed by atoms with Crippen LogP contribution in [0.1, 0.15) is 5.56 Å². The molecule has 0 aliphatic carbocycles. The minimum atomic E-state index is -0.139. The minimum absolute atomic E-state index is 0.00743. The van der Waals surface area contributed by atoms with E-state index in [1.165, 1.54) is 0 Å². The first-order valence-electron chi connectivity index (χ1n) is 6.13. The number of nitriles is 1. The van der Waals surface area contributed by atoms with Gasteiger partial charge in [-0.3, -0.25) is 0 Å². The molecule has 0 bridgehead atoms. The van der Waals surface area contributed by atoms with Crippen LogP contribution in [0.3, 0.4) is 0 Å². The molecule has 2 aromatic rings. The van der Waals surface area contributed by atoms with Gasteiger partial charge in [-0.15, -0.1) is 0 Å². The molecule has 0 aliphatic rings. The highest BCUT2D eigenvalue weighted by Crippen LogP contribution is 2.24. The molecule has 0 fully saturated rings. The van der Waals surface area contributed by atoms with Crippen LogP contribution >= 0.6 is 0 Å². The molecule has 0 spiro atoms. The van der Waals surface area contributed by atoms with Crippen LogP contribution in [0.2, 0.25) is 0 Å². The van der Waals surface area contributed by atoms with Gasteiger partial charge in [-0.1, -0.05) is 24.3 Å². The van der Waals surface area contributed by atoms with Gasteiger partial charge in [0.1, 0.15) is 0 Å². The van der Waals surface area contributed by atoms with E-state index >= 15 is 0 Å². The van der Waals surface area contributed by atoms with Crippen LogP contribution in [-0.2, 0) is 0 Å². The third-order valence-electron chi connectivity index (χ3n) is 2.68. The van der Waals surface area contributed by atoms with Gasteiger partial charge in [0.25, 0.3) is 0 Å². The van der Waals surface area contributed by atoms with Gasteiger partial charge in [-0.05, 0) is 35.4 Å². The summed E-state index contributed by atoms with van der Waals surface area (Å²) in [6.07, 6.45) is 0. The molecule has 0 saturated carbocycles. The lowest BCUT2D eigenvalue weighted by Crippen LogP contribution is -2.26. The van der Waals surface area contributed by atoms with Gasteiger partial charge in [0.05, 0.1) is 17.3 Å². The lowest BCUT2D eigenvalue weighted by molar-refractivity contribution is 1.38. The molecule has 2 aromatic carbocycles. The van der Waals surface area contributed by atoms with Crippen molar-refractivity contribution < 1.29 is 0 Å². The fourth-order valence-corrected chi connectivity index (χ4v) is 1.78. The zero-order valence-corrected chi connectivity index (χ0v) is 11.2. The van der Waals surface area contributed by atoms with Crippen molar-refractivity contribution >= 4 is 17.6 Å². The third kappa shape index (κ3) is 3.81. The average molecular weight is 278 g/mol. The Balaban J connectivity index is 2.33. The van der Waals surface area contributed by atoms with E-state index in [1.54, 1.807) is 18.2 Å². The Morgan fingerprint density at radius 2 is 1.67 bits per heavy atom. The number of hydrogen-bond acceptors (Lipinski definition) is 2. The molecule has 6 N–H and O–H groups in total. The van der Waals surface area contributed by atoms with Gasteiger partial charge in [0.15, 0.2) is 5.96 Å². The van der Waals surface area contributed by atoms with Crippen molar-refractivity contribution in [2.75, 3.05) is 0 Å². The molecule has 6 nitrogen and oxygen atoms in total. The quantitative estimate of drug-likeness (QED) is 0.567. The Labute approximate surface area is 122 Å². The lowest BCUT2D eigenvalue weighted by Gasteiger charge is -2.03. The number of hydrogen-bond donors (Lipinski definition) is 3. The standard InChI is InChI=1S/C15H14N6/c16-9-10-4-6-11(7-5-10)12-2-1-3-13(8-12)20-15(19)21-14(17)18/h1-8H,(H6,17,18,19,20,21).